The highest BCUT2D eigenvalue weighted by atomic mass is 16.5. The molecule has 0 saturated heterocycles. The number of carboxylic acids is 1. The molecule has 1 N–H and O–H groups in total. The molecule has 0 saturated carbocycles. The van der Waals surface area contributed by atoms with E-state index in [2.05, 4.69) is 0 Å². The molecule has 3 aromatic rings. The van der Waals surface area contributed by atoms with E-state index in [1.54, 1.807) is 13.2 Å². The van der Waals surface area contributed by atoms with Crippen molar-refractivity contribution in [2.75, 3.05) is 7.11 Å². The summed E-state index contributed by atoms with van der Waals surface area (Å²) in [5, 5.41) is 10.3. The smallest absolute Gasteiger partial charge is 0.372 e. The summed E-state index contributed by atoms with van der Waals surface area (Å²) in [4.78, 5) is 11.6. The molecule has 4 nitrogen and oxygen atoms in total. The first-order valence-electron chi connectivity index (χ1n) is 6.92. The molecular weight excluding hydrogens is 280 g/mol. The Hall–Kier alpha value is -2.75. The number of fused-ring (bicyclic) bond motifs is 1. The molecule has 0 aliphatic rings. The monoisotopic (exact) mass is 296 g/mol. The second-order valence-corrected chi connectivity index (χ2v) is 5.31. The van der Waals surface area contributed by atoms with Gasteiger partial charge in [-0.3, -0.25) is 0 Å². The maximum atomic E-state index is 11.6. The maximum Gasteiger partial charge on any atom is 0.372 e. The topological polar surface area (TPSA) is 59.7 Å². The number of aromatic carboxylic acids is 1. The minimum absolute atomic E-state index is 0.0653. The van der Waals surface area contributed by atoms with Gasteiger partial charge in [-0.2, -0.15) is 0 Å². The van der Waals surface area contributed by atoms with Crippen molar-refractivity contribution in [3.8, 4) is 16.9 Å². The molecule has 22 heavy (non-hydrogen) atoms. The van der Waals surface area contributed by atoms with Gasteiger partial charge >= 0.3 is 5.97 Å². The lowest BCUT2D eigenvalue weighted by Crippen LogP contribution is -1.98. The van der Waals surface area contributed by atoms with Gasteiger partial charge in [0.15, 0.2) is 0 Å². The molecule has 1 heterocycles. The molecule has 0 amide bonds. The molecule has 0 aliphatic heterocycles. The molecule has 0 radical (unpaired) electrons. The SMILES string of the molecule is COc1ccc(C)cc1-c1c(C(=O)O)oc2ccc(C)cc12. The third-order valence-corrected chi connectivity index (χ3v) is 3.66. The Morgan fingerprint density at radius 3 is 2.45 bits per heavy atom. The minimum atomic E-state index is -1.09. The number of hydrogen-bond donors (Lipinski definition) is 1. The first kappa shape index (κ1) is 14.2. The van der Waals surface area contributed by atoms with E-state index in [0.29, 0.717) is 16.9 Å². The van der Waals surface area contributed by atoms with Gasteiger partial charge in [0.1, 0.15) is 11.3 Å². The minimum Gasteiger partial charge on any atom is -0.496 e. The van der Waals surface area contributed by atoms with Gasteiger partial charge in [-0.1, -0.05) is 23.3 Å². The van der Waals surface area contributed by atoms with Crippen LogP contribution in [0.15, 0.2) is 40.8 Å². The summed E-state index contributed by atoms with van der Waals surface area (Å²) in [7, 11) is 1.57. The lowest BCUT2D eigenvalue weighted by molar-refractivity contribution is 0.0666. The van der Waals surface area contributed by atoms with Crippen LogP contribution in [0.5, 0.6) is 5.75 Å². The number of methoxy groups -OCH3 is 1. The standard InChI is InChI=1S/C18H16O4/c1-10-4-6-14(21-3)12(8-10)16-13-9-11(2)5-7-15(13)22-17(16)18(19)20/h4-9H,1-3H3,(H,19,20). The molecule has 0 spiro atoms. The molecule has 112 valence electrons. The summed E-state index contributed by atoms with van der Waals surface area (Å²) in [5.41, 5.74) is 3.91. The summed E-state index contributed by atoms with van der Waals surface area (Å²) in [6.45, 7) is 3.92. The van der Waals surface area contributed by atoms with E-state index >= 15 is 0 Å². The Kier molecular flexibility index (Phi) is 3.37. The van der Waals surface area contributed by atoms with E-state index < -0.39 is 5.97 Å². The van der Waals surface area contributed by atoms with Crippen molar-refractivity contribution in [1.82, 2.24) is 0 Å². The Labute approximate surface area is 127 Å². The molecule has 4 heteroatoms. The second kappa shape index (κ2) is 5.22. The van der Waals surface area contributed by atoms with Gasteiger partial charge in [-0.05, 0) is 38.1 Å². The van der Waals surface area contributed by atoms with Crippen LogP contribution in [-0.4, -0.2) is 18.2 Å². The fourth-order valence-corrected chi connectivity index (χ4v) is 2.65. The summed E-state index contributed by atoms with van der Waals surface area (Å²) in [5.74, 6) is -0.533. The molecule has 2 aromatic carbocycles. The van der Waals surface area contributed by atoms with E-state index in [9.17, 15) is 9.90 Å². The number of ether oxygens (including phenoxy) is 1. The van der Waals surface area contributed by atoms with Gasteiger partial charge in [-0.15, -0.1) is 0 Å². The van der Waals surface area contributed by atoms with Crippen LogP contribution in [0, 0.1) is 13.8 Å². The first-order chi connectivity index (χ1) is 10.5. The highest BCUT2D eigenvalue weighted by Gasteiger charge is 2.23. The van der Waals surface area contributed by atoms with Crippen LogP contribution < -0.4 is 4.74 Å². The zero-order valence-electron chi connectivity index (χ0n) is 12.6. The number of carboxylic acid groups (broad SMARTS) is 1. The normalized spacial score (nSPS) is 10.9. The van der Waals surface area contributed by atoms with Crippen molar-refractivity contribution < 1.29 is 19.1 Å². The lowest BCUT2D eigenvalue weighted by Gasteiger charge is -2.09. The quantitative estimate of drug-likeness (QED) is 0.777. The predicted molar refractivity (Wildman–Crippen MR) is 84.6 cm³/mol. The van der Waals surface area contributed by atoms with Gasteiger partial charge in [0.25, 0.3) is 0 Å². The van der Waals surface area contributed by atoms with Crippen molar-refractivity contribution in [3.63, 3.8) is 0 Å². The number of furan rings is 1. The van der Waals surface area contributed by atoms with Crippen LogP contribution in [0.4, 0.5) is 0 Å². The van der Waals surface area contributed by atoms with Crippen molar-refractivity contribution in [2.24, 2.45) is 0 Å². The van der Waals surface area contributed by atoms with Gasteiger partial charge < -0.3 is 14.3 Å². The van der Waals surface area contributed by atoms with E-state index in [-0.39, 0.29) is 5.76 Å². The number of benzene rings is 2. The van der Waals surface area contributed by atoms with Crippen LogP contribution in [0.1, 0.15) is 21.7 Å². The Morgan fingerprint density at radius 1 is 1.09 bits per heavy atom. The fourth-order valence-electron chi connectivity index (χ4n) is 2.65. The summed E-state index contributed by atoms with van der Waals surface area (Å²) >= 11 is 0. The first-order valence-corrected chi connectivity index (χ1v) is 6.92. The Balaban J connectivity index is 2.43. The molecule has 0 fully saturated rings. The number of aryl methyl sites for hydroxylation is 2. The molecule has 1 aromatic heterocycles. The van der Waals surface area contributed by atoms with Gasteiger partial charge in [-0.25, -0.2) is 4.79 Å². The maximum absolute atomic E-state index is 11.6. The van der Waals surface area contributed by atoms with Crippen molar-refractivity contribution in [2.45, 2.75) is 13.8 Å². The van der Waals surface area contributed by atoms with Crippen molar-refractivity contribution in [1.29, 1.82) is 0 Å². The lowest BCUT2D eigenvalue weighted by atomic mass is 9.98. The second-order valence-electron chi connectivity index (χ2n) is 5.31. The van der Waals surface area contributed by atoms with E-state index in [1.807, 2.05) is 44.2 Å². The summed E-state index contributed by atoms with van der Waals surface area (Å²) in [6, 6.07) is 11.3. The van der Waals surface area contributed by atoms with E-state index in [1.165, 1.54) is 0 Å². The van der Waals surface area contributed by atoms with E-state index in [4.69, 9.17) is 9.15 Å². The largest absolute Gasteiger partial charge is 0.496 e. The van der Waals surface area contributed by atoms with Gasteiger partial charge in [0.2, 0.25) is 5.76 Å². The molecule has 0 unspecified atom stereocenters. The zero-order chi connectivity index (χ0) is 15.9. The highest BCUT2D eigenvalue weighted by Crippen LogP contribution is 2.40. The zero-order valence-corrected chi connectivity index (χ0v) is 12.6. The summed E-state index contributed by atoms with van der Waals surface area (Å²) in [6.07, 6.45) is 0. The molecule has 0 aliphatic carbocycles. The third kappa shape index (κ3) is 2.22. The average Bonchev–Trinajstić information content (AvgIpc) is 2.85. The van der Waals surface area contributed by atoms with Crippen LogP contribution in [0.25, 0.3) is 22.1 Å². The average molecular weight is 296 g/mol. The fraction of sp³-hybridized carbons (Fsp3) is 0.167. The van der Waals surface area contributed by atoms with Crippen molar-refractivity contribution >= 4 is 16.9 Å². The Morgan fingerprint density at radius 2 is 1.77 bits per heavy atom. The Bertz CT molecular complexity index is 874. The number of hydrogen-bond acceptors (Lipinski definition) is 3. The van der Waals surface area contributed by atoms with Crippen LogP contribution >= 0.6 is 0 Å². The third-order valence-electron chi connectivity index (χ3n) is 3.66. The van der Waals surface area contributed by atoms with Gasteiger partial charge in [0, 0.05) is 16.5 Å². The summed E-state index contributed by atoms with van der Waals surface area (Å²) < 4.78 is 11.0. The highest BCUT2D eigenvalue weighted by molar-refractivity contribution is 6.06. The van der Waals surface area contributed by atoms with Crippen molar-refractivity contribution in [3.05, 3.63) is 53.3 Å². The van der Waals surface area contributed by atoms with Crippen LogP contribution in [0.3, 0.4) is 0 Å². The van der Waals surface area contributed by atoms with Gasteiger partial charge in [0.05, 0.1) is 7.11 Å². The molecular formula is C18H16O4. The molecule has 3 rings (SSSR count). The molecule has 0 bridgehead atoms. The number of rotatable bonds is 3. The van der Waals surface area contributed by atoms with Crippen LogP contribution in [-0.2, 0) is 0 Å². The number of carbonyl (C=O) groups is 1. The van der Waals surface area contributed by atoms with E-state index in [0.717, 1.165) is 22.1 Å². The predicted octanol–water partition coefficient (Wildman–Crippen LogP) is 4.42. The van der Waals surface area contributed by atoms with Crippen LogP contribution in [0.2, 0.25) is 0 Å². The molecule has 0 atom stereocenters.